The Morgan fingerprint density at radius 3 is 2.65 bits per heavy atom. The lowest BCUT2D eigenvalue weighted by atomic mass is 10.0. The zero-order valence-corrected chi connectivity index (χ0v) is 13.6. The predicted octanol–water partition coefficient (Wildman–Crippen LogP) is 2.13. The fraction of sp³-hybridized carbons (Fsp3) is 0.444. The van der Waals surface area contributed by atoms with Gasteiger partial charge in [0.1, 0.15) is 5.41 Å². The van der Waals surface area contributed by atoms with Crippen molar-refractivity contribution in [1.29, 1.82) is 0 Å². The average Bonchev–Trinajstić information content (AvgIpc) is 3.24. The highest BCUT2D eigenvalue weighted by Crippen LogP contribution is 2.46. The summed E-state index contributed by atoms with van der Waals surface area (Å²) in [7, 11) is 0. The molecule has 1 saturated carbocycles. The van der Waals surface area contributed by atoms with Crippen molar-refractivity contribution in [3.63, 3.8) is 0 Å². The van der Waals surface area contributed by atoms with Crippen LogP contribution in [0.2, 0.25) is 0 Å². The number of rotatable bonds is 6. The standard InChI is InChI=1S/C18H23N3O2/c1-12(2)21-17(23)18(8-9-18)16(22)19-10-7-13-11-20-15-6-4-3-5-14(13)15/h3-6,11-12,20H,7-10H2,1-2H3,(H,19,22)(H,21,23). The van der Waals surface area contributed by atoms with E-state index in [1.807, 2.05) is 38.2 Å². The Kier molecular flexibility index (Phi) is 4.11. The second-order valence-corrected chi connectivity index (χ2v) is 6.58. The molecule has 0 unspecified atom stereocenters. The molecular weight excluding hydrogens is 290 g/mol. The number of carbonyl (C=O) groups is 2. The molecule has 23 heavy (non-hydrogen) atoms. The van der Waals surface area contributed by atoms with Gasteiger partial charge in [-0.1, -0.05) is 18.2 Å². The highest BCUT2D eigenvalue weighted by Gasteiger charge is 2.56. The van der Waals surface area contributed by atoms with Gasteiger partial charge in [-0.05, 0) is 44.7 Å². The van der Waals surface area contributed by atoms with Crippen LogP contribution in [0.3, 0.4) is 0 Å². The van der Waals surface area contributed by atoms with E-state index in [0.717, 1.165) is 11.9 Å². The number of H-pyrrole nitrogens is 1. The number of nitrogens with one attached hydrogen (secondary N) is 3. The third kappa shape index (κ3) is 3.09. The maximum absolute atomic E-state index is 12.4. The van der Waals surface area contributed by atoms with Crippen LogP contribution < -0.4 is 10.6 Å². The van der Waals surface area contributed by atoms with Crippen LogP contribution in [0.4, 0.5) is 0 Å². The first-order valence-electron chi connectivity index (χ1n) is 8.17. The van der Waals surface area contributed by atoms with Crippen molar-refractivity contribution in [3.05, 3.63) is 36.0 Å². The molecule has 0 radical (unpaired) electrons. The molecule has 1 aliphatic carbocycles. The molecule has 2 aromatic rings. The third-order valence-electron chi connectivity index (χ3n) is 4.39. The second kappa shape index (κ2) is 6.07. The molecule has 1 aromatic heterocycles. The fourth-order valence-electron chi connectivity index (χ4n) is 2.90. The molecule has 0 aliphatic heterocycles. The molecule has 0 spiro atoms. The van der Waals surface area contributed by atoms with Crippen LogP contribution >= 0.6 is 0 Å². The molecular formula is C18H23N3O2. The van der Waals surface area contributed by atoms with Crippen molar-refractivity contribution >= 4 is 22.7 Å². The molecule has 1 heterocycles. The summed E-state index contributed by atoms with van der Waals surface area (Å²) < 4.78 is 0. The Hall–Kier alpha value is -2.30. The average molecular weight is 313 g/mol. The van der Waals surface area contributed by atoms with Gasteiger partial charge in [-0.25, -0.2) is 0 Å². The first-order valence-corrected chi connectivity index (χ1v) is 8.17. The summed E-state index contributed by atoms with van der Waals surface area (Å²) in [6.07, 6.45) is 4.02. The predicted molar refractivity (Wildman–Crippen MR) is 90.0 cm³/mol. The molecule has 1 aliphatic rings. The van der Waals surface area contributed by atoms with Gasteiger partial charge in [-0.2, -0.15) is 0 Å². The van der Waals surface area contributed by atoms with E-state index < -0.39 is 5.41 Å². The van der Waals surface area contributed by atoms with Gasteiger partial charge >= 0.3 is 0 Å². The van der Waals surface area contributed by atoms with Crippen molar-refractivity contribution < 1.29 is 9.59 Å². The first-order chi connectivity index (χ1) is 11.0. The molecule has 0 saturated heterocycles. The summed E-state index contributed by atoms with van der Waals surface area (Å²) in [6.45, 7) is 4.35. The van der Waals surface area contributed by atoms with E-state index in [-0.39, 0.29) is 17.9 Å². The molecule has 5 heteroatoms. The molecule has 3 N–H and O–H groups in total. The van der Waals surface area contributed by atoms with Gasteiger partial charge in [0.05, 0.1) is 0 Å². The third-order valence-corrected chi connectivity index (χ3v) is 4.39. The van der Waals surface area contributed by atoms with Gasteiger partial charge in [0.2, 0.25) is 11.8 Å². The Morgan fingerprint density at radius 1 is 1.22 bits per heavy atom. The number of hydrogen-bond acceptors (Lipinski definition) is 2. The van der Waals surface area contributed by atoms with Crippen LogP contribution in [0.1, 0.15) is 32.3 Å². The molecule has 3 rings (SSSR count). The van der Waals surface area contributed by atoms with E-state index >= 15 is 0 Å². The summed E-state index contributed by atoms with van der Waals surface area (Å²) in [5.41, 5.74) is 1.45. The van der Waals surface area contributed by atoms with Crippen molar-refractivity contribution in [3.8, 4) is 0 Å². The van der Waals surface area contributed by atoms with Crippen molar-refractivity contribution in [2.24, 2.45) is 5.41 Å². The minimum Gasteiger partial charge on any atom is -0.361 e. The van der Waals surface area contributed by atoms with Crippen LogP contribution in [-0.4, -0.2) is 29.4 Å². The first kappa shape index (κ1) is 15.6. The highest BCUT2D eigenvalue weighted by molar-refractivity contribution is 6.07. The lowest BCUT2D eigenvalue weighted by Crippen LogP contribution is -2.45. The largest absolute Gasteiger partial charge is 0.361 e. The van der Waals surface area contributed by atoms with Gasteiger partial charge in [0, 0.05) is 29.7 Å². The van der Waals surface area contributed by atoms with Crippen LogP contribution in [0.5, 0.6) is 0 Å². The highest BCUT2D eigenvalue weighted by atomic mass is 16.2. The Bertz CT molecular complexity index is 729. The number of carbonyl (C=O) groups excluding carboxylic acids is 2. The van der Waals surface area contributed by atoms with Crippen molar-refractivity contribution in [1.82, 2.24) is 15.6 Å². The maximum Gasteiger partial charge on any atom is 0.235 e. The van der Waals surface area contributed by atoms with E-state index in [2.05, 4.69) is 21.7 Å². The van der Waals surface area contributed by atoms with Gasteiger partial charge in [0.25, 0.3) is 0 Å². The molecule has 122 valence electrons. The number of amides is 2. The smallest absolute Gasteiger partial charge is 0.235 e. The van der Waals surface area contributed by atoms with Crippen LogP contribution in [0, 0.1) is 5.41 Å². The van der Waals surface area contributed by atoms with E-state index in [1.54, 1.807) is 0 Å². The lowest BCUT2D eigenvalue weighted by molar-refractivity contribution is -0.137. The number of aromatic nitrogens is 1. The molecule has 1 aromatic carbocycles. The lowest BCUT2D eigenvalue weighted by Gasteiger charge is -2.17. The molecule has 0 bridgehead atoms. The number of para-hydroxylation sites is 1. The van der Waals surface area contributed by atoms with Crippen LogP contribution in [-0.2, 0) is 16.0 Å². The summed E-state index contributed by atoms with van der Waals surface area (Å²) in [5.74, 6) is -0.285. The van der Waals surface area contributed by atoms with Crippen molar-refractivity contribution in [2.75, 3.05) is 6.54 Å². The van der Waals surface area contributed by atoms with Crippen LogP contribution in [0.15, 0.2) is 30.5 Å². The number of aromatic amines is 1. The molecule has 1 fully saturated rings. The van der Waals surface area contributed by atoms with E-state index in [0.29, 0.717) is 19.4 Å². The number of fused-ring (bicyclic) bond motifs is 1. The minimum absolute atomic E-state index is 0.0546. The van der Waals surface area contributed by atoms with E-state index in [4.69, 9.17) is 0 Å². The summed E-state index contributed by atoms with van der Waals surface area (Å²) in [4.78, 5) is 27.8. The molecule has 2 amide bonds. The number of hydrogen-bond donors (Lipinski definition) is 3. The quantitative estimate of drug-likeness (QED) is 0.715. The fourth-order valence-corrected chi connectivity index (χ4v) is 2.90. The zero-order valence-electron chi connectivity index (χ0n) is 13.6. The topological polar surface area (TPSA) is 74.0 Å². The Balaban J connectivity index is 1.56. The molecule has 5 nitrogen and oxygen atoms in total. The monoisotopic (exact) mass is 313 g/mol. The second-order valence-electron chi connectivity index (χ2n) is 6.58. The Morgan fingerprint density at radius 2 is 1.96 bits per heavy atom. The van der Waals surface area contributed by atoms with Gasteiger partial charge in [-0.15, -0.1) is 0 Å². The van der Waals surface area contributed by atoms with Gasteiger partial charge in [0.15, 0.2) is 0 Å². The normalized spacial score (nSPS) is 15.6. The van der Waals surface area contributed by atoms with E-state index in [9.17, 15) is 9.59 Å². The molecule has 0 atom stereocenters. The summed E-state index contributed by atoms with van der Waals surface area (Å²) in [6, 6.07) is 8.16. The zero-order chi connectivity index (χ0) is 16.4. The van der Waals surface area contributed by atoms with Gasteiger partial charge < -0.3 is 15.6 Å². The summed E-state index contributed by atoms with van der Waals surface area (Å²) in [5, 5.41) is 6.96. The van der Waals surface area contributed by atoms with Crippen molar-refractivity contribution in [2.45, 2.75) is 39.2 Å². The SMILES string of the molecule is CC(C)NC(=O)C1(C(=O)NCCc2c[nH]c3ccccc23)CC1. The maximum atomic E-state index is 12.4. The Labute approximate surface area is 135 Å². The minimum atomic E-state index is -0.829. The summed E-state index contributed by atoms with van der Waals surface area (Å²) >= 11 is 0. The van der Waals surface area contributed by atoms with Gasteiger partial charge in [-0.3, -0.25) is 9.59 Å². The van der Waals surface area contributed by atoms with E-state index in [1.165, 1.54) is 10.9 Å². The van der Waals surface area contributed by atoms with Crippen LogP contribution in [0.25, 0.3) is 10.9 Å². The number of benzene rings is 1.